The SMILES string of the molecule is Cc1cc(C(=O)O)c(C)n1-c1ncc[nH]1. The molecule has 5 nitrogen and oxygen atoms in total. The van der Waals surface area contributed by atoms with E-state index in [1.165, 1.54) is 0 Å². The zero-order valence-corrected chi connectivity index (χ0v) is 8.48. The van der Waals surface area contributed by atoms with Crippen LogP contribution in [0, 0.1) is 13.8 Å². The van der Waals surface area contributed by atoms with Crippen LogP contribution < -0.4 is 0 Å². The predicted molar refractivity (Wildman–Crippen MR) is 54.3 cm³/mol. The number of aryl methyl sites for hydroxylation is 1. The number of carboxylic acid groups (broad SMARTS) is 1. The van der Waals surface area contributed by atoms with Crippen molar-refractivity contribution in [1.82, 2.24) is 14.5 Å². The maximum absolute atomic E-state index is 10.9. The highest BCUT2D eigenvalue weighted by Crippen LogP contribution is 2.18. The van der Waals surface area contributed by atoms with E-state index < -0.39 is 5.97 Å². The summed E-state index contributed by atoms with van der Waals surface area (Å²) in [6, 6.07) is 1.64. The molecular formula is C10H11N3O2. The Kier molecular flexibility index (Phi) is 2.07. The molecule has 0 aliphatic rings. The monoisotopic (exact) mass is 205 g/mol. The molecule has 0 bridgehead atoms. The second-order valence-corrected chi connectivity index (χ2v) is 3.34. The molecule has 78 valence electrons. The van der Waals surface area contributed by atoms with E-state index in [1.54, 1.807) is 30.0 Å². The minimum atomic E-state index is -0.916. The summed E-state index contributed by atoms with van der Waals surface area (Å²) in [7, 11) is 0. The number of nitrogens with zero attached hydrogens (tertiary/aromatic N) is 2. The highest BCUT2D eigenvalue weighted by Gasteiger charge is 2.16. The summed E-state index contributed by atoms with van der Waals surface area (Å²) < 4.78 is 1.78. The summed E-state index contributed by atoms with van der Waals surface area (Å²) in [6.07, 6.45) is 3.34. The smallest absolute Gasteiger partial charge is 0.337 e. The van der Waals surface area contributed by atoms with E-state index in [0.29, 0.717) is 17.2 Å². The van der Waals surface area contributed by atoms with Gasteiger partial charge in [0.1, 0.15) is 0 Å². The molecule has 0 radical (unpaired) electrons. The molecule has 2 heterocycles. The van der Waals surface area contributed by atoms with Crippen LogP contribution in [0.25, 0.3) is 5.95 Å². The number of aromatic carboxylic acids is 1. The molecule has 15 heavy (non-hydrogen) atoms. The standard InChI is InChI=1S/C10H11N3O2/c1-6-5-8(9(14)15)7(2)13(6)10-11-3-4-12-10/h3-5H,1-2H3,(H,11,12)(H,14,15). The van der Waals surface area contributed by atoms with Gasteiger partial charge in [-0.15, -0.1) is 0 Å². The Morgan fingerprint density at radius 1 is 1.53 bits per heavy atom. The number of hydrogen-bond donors (Lipinski definition) is 2. The first-order valence-electron chi connectivity index (χ1n) is 4.53. The lowest BCUT2D eigenvalue weighted by molar-refractivity contribution is 0.0696. The van der Waals surface area contributed by atoms with Gasteiger partial charge in [-0.25, -0.2) is 9.78 Å². The average molecular weight is 205 g/mol. The number of aromatic nitrogens is 3. The molecule has 0 aromatic carbocycles. The number of hydrogen-bond acceptors (Lipinski definition) is 2. The fourth-order valence-corrected chi connectivity index (χ4v) is 1.68. The van der Waals surface area contributed by atoms with Crippen molar-refractivity contribution in [2.45, 2.75) is 13.8 Å². The zero-order chi connectivity index (χ0) is 11.0. The van der Waals surface area contributed by atoms with Crippen LogP contribution in [0.4, 0.5) is 0 Å². The fourth-order valence-electron chi connectivity index (χ4n) is 1.68. The Bertz CT molecular complexity index is 497. The molecule has 0 aliphatic carbocycles. The molecule has 0 aliphatic heterocycles. The van der Waals surface area contributed by atoms with Gasteiger partial charge in [-0.3, -0.25) is 4.57 Å². The van der Waals surface area contributed by atoms with Gasteiger partial charge in [-0.2, -0.15) is 0 Å². The molecule has 0 fully saturated rings. The lowest BCUT2D eigenvalue weighted by Gasteiger charge is -2.04. The first-order chi connectivity index (χ1) is 7.11. The number of aromatic amines is 1. The quantitative estimate of drug-likeness (QED) is 0.780. The summed E-state index contributed by atoms with van der Waals surface area (Å²) in [5.74, 6) is -0.279. The minimum Gasteiger partial charge on any atom is -0.478 e. The first-order valence-corrected chi connectivity index (χ1v) is 4.53. The van der Waals surface area contributed by atoms with Crippen LogP contribution in [0.2, 0.25) is 0 Å². The number of carboxylic acids is 1. The van der Waals surface area contributed by atoms with Crippen molar-refractivity contribution in [3.63, 3.8) is 0 Å². The van der Waals surface area contributed by atoms with Crippen molar-refractivity contribution in [3.05, 3.63) is 35.4 Å². The van der Waals surface area contributed by atoms with E-state index in [-0.39, 0.29) is 0 Å². The van der Waals surface area contributed by atoms with Crippen LogP contribution >= 0.6 is 0 Å². The molecule has 0 atom stereocenters. The Morgan fingerprint density at radius 3 is 2.73 bits per heavy atom. The molecule has 5 heteroatoms. The van der Waals surface area contributed by atoms with Crippen molar-refractivity contribution in [2.75, 3.05) is 0 Å². The third kappa shape index (κ3) is 1.41. The number of imidazole rings is 1. The number of carbonyl (C=O) groups is 1. The molecule has 2 rings (SSSR count). The number of H-pyrrole nitrogens is 1. The van der Waals surface area contributed by atoms with Crippen LogP contribution in [-0.4, -0.2) is 25.6 Å². The molecule has 0 saturated heterocycles. The summed E-state index contributed by atoms with van der Waals surface area (Å²) in [6.45, 7) is 3.61. The highest BCUT2D eigenvalue weighted by molar-refractivity contribution is 5.89. The molecule has 2 aromatic heterocycles. The van der Waals surface area contributed by atoms with Crippen LogP contribution in [0.15, 0.2) is 18.5 Å². The second kappa shape index (κ2) is 3.27. The van der Waals surface area contributed by atoms with Gasteiger partial charge in [0.2, 0.25) is 5.95 Å². The normalized spacial score (nSPS) is 10.5. The summed E-state index contributed by atoms with van der Waals surface area (Å²) >= 11 is 0. The van der Waals surface area contributed by atoms with E-state index in [2.05, 4.69) is 9.97 Å². The van der Waals surface area contributed by atoms with Crippen molar-refractivity contribution in [3.8, 4) is 5.95 Å². The van der Waals surface area contributed by atoms with E-state index >= 15 is 0 Å². The van der Waals surface area contributed by atoms with E-state index in [9.17, 15) is 4.79 Å². The van der Waals surface area contributed by atoms with Crippen LogP contribution in [-0.2, 0) is 0 Å². The first kappa shape index (κ1) is 9.51. The lowest BCUT2D eigenvalue weighted by atomic mass is 10.2. The molecule has 2 aromatic rings. The minimum absolute atomic E-state index is 0.309. The van der Waals surface area contributed by atoms with Gasteiger partial charge in [0.05, 0.1) is 5.56 Å². The van der Waals surface area contributed by atoms with E-state index in [1.807, 2.05) is 6.92 Å². The van der Waals surface area contributed by atoms with Gasteiger partial charge in [0.15, 0.2) is 0 Å². The molecule has 0 spiro atoms. The molecule has 2 N–H and O–H groups in total. The lowest BCUT2D eigenvalue weighted by Crippen LogP contribution is -2.03. The summed E-state index contributed by atoms with van der Waals surface area (Å²) in [5.41, 5.74) is 1.83. The molecule has 0 amide bonds. The van der Waals surface area contributed by atoms with Crippen molar-refractivity contribution in [1.29, 1.82) is 0 Å². The summed E-state index contributed by atoms with van der Waals surface area (Å²) in [5, 5.41) is 8.96. The maximum atomic E-state index is 10.9. The number of rotatable bonds is 2. The Labute approximate surface area is 86.4 Å². The summed E-state index contributed by atoms with van der Waals surface area (Å²) in [4.78, 5) is 18.0. The maximum Gasteiger partial charge on any atom is 0.337 e. The Hall–Kier alpha value is -2.04. The van der Waals surface area contributed by atoms with Gasteiger partial charge in [0, 0.05) is 23.8 Å². The van der Waals surface area contributed by atoms with Crippen molar-refractivity contribution < 1.29 is 9.90 Å². The number of nitrogens with one attached hydrogen (secondary N) is 1. The van der Waals surface area contributed by atoms with Gasteiger partial charge in [-0.1, -0.05) is 0 Å². The molecular weight excluding hydrogens is 194 g/mol. The topological polar surface area (TPSA) is 70.9 Å². The average Bonchev–Trinajstić information content (AvgIpc) is 2.73. The van der Waals surface area contributed by atoms with E-state index in [4.69, 9.17) is 5.11 Å². The second-order valence-electron chi connectivity index (χ2n) is 3.34. The van der Waals surface area contributed by atoms with Gasteiger partial charge in [0.25, 0.3) is 0 Å². The third-order valence-corrected chi connectivity index (χ3v) is 2.36. The molecule has 0 saturated carbocycles. The fraction of sp³-hybridized carbons (Fsp3) is 0.200. The largest absolute Gasteiger partial charge is 0.478 e. The van der Waals surface area contributed by atoms with Crippen LogP contribution in [0.3, 0.4) is 0 Å². The van der Waals surface area contributed by atoms with Crippen LogP contribution in [0.1, 0.15) is 21.7 Å². The van der Waals surface area contributed by atoms with Crippen LogP contribution in [0.5, 0.6) is 0 Å². The Balaban J connectivity index is 2.63. The van der Waals surface area contributed by atoms with E-state index in [0.717, 1.165) is 5.69 Å². The van der Waals surface area contributed by atoms with Gasteiger partial charge in [-0.05, 0) is 19.9 Å². The van der Waals surface area contributed by atoms with Gasteiger partial charge < -0.3 is 10.1 Å². The third-order valence-electron chi connectivity index (χ3n) is 2.36. The van der Waals surface area contributed by atoms with Crippen molar-refractivity contribution in [2.24, 2.45) is 0 Å². The van der Waals surface area contributed by atoms with Gasteiger partial charge >= 0.3 is 5.97 Å². The zero-order valence-electron chi connectivity index (χ0n) is 8.48. The Morgan fingerprint density at radius 2 is 2.27 bits per heavy atom. The predicted octanol–water partition coefficient (Wildman–Crippen LogP) is 1.52. The molecule has 0 unspecified atom stereocenters. The van der Waals surface area contributed by atoms with Crippen molar-refractivity contribution >= 4 is 5.97 Å². The highest BCUT2D eigenvalue weighted by atomic mass is 16.4.